The number of benzene rings is 2. The molecule has 0 radical (unpaired) electrons. The Bertz CT molecular complexity index is 1040. The largest absolute Gasteiger partial charge is 0.493 e. The predicted octanol–water partition coefficient (Wildman–Crippen LogP) is 3.23. The fraction of sp³-hybridized carbons (Fsp3) is 0.261. The average Bonchev–Trinajstić information content (AvgIpc) is 3.31. The summed E-state index contributed by atoms with van der Waals surface area (Å²) in [5, 5.41) is 9.41. The summed E-state index contributed by atoms with van der Waals surface area (Å²) in [6.45, 7) is 0.996. The second kappa shape index (κ2) is 10.9. The Morgan fingerprint density at radius 2 is 1.97 bits per heavy atom. The minimum atomic E-state index is -1.19. The van der Waals surface area contributed by atoms with Crippen LogP contribution in [0.15, 0.2) is 61.2 Å². The lowest BCUT2D eigenvalue weighted by Crippen LogP contribution is -2.35. The molecule has 0 aliphatic carbocycles. The number of carbonyl (C=O) groups is 2. The smallest absolute Gasteiger partial charge is 0.339 e. The molecule has 0 aliphatic heterocycles. The van der Waals surface area contributed by atoms with Crippen molar-refractivity contribution in [2.45, 2.75) is 19.5 Å². The molecule has 0 saturated heterocycles. The number of ether oxygens (including phenoxy) is 2. The Labute approximate surface area is 184 Å². The number of nitrogens with zero attached hydrogens (tertiary/aromatic N) is 3. The summed E-state index contributed by atoms with van der Waals surface area (Å²) in [6.07, 6.45) is 5.88. The molecule has 1 amide bonds. The molecule has 0 saturated carbocycles. The van der Waals surface area contributed by atoms with Gasteiger partial charge in [0, 0.05) is 32.0 Å². The van der Waals surface area contributed by atoms with E-state index in [-0.39, 0.29) is 41.9 Å². The van der Waals surface area contributed by atoms with E-state index in [1.165, 1.54) is 31.4 Å². The number of hydrogen-bond acceptors (Lipinski definition) is 5. The van der Waals surface area contributed by atoms with E-state index in [1.807, 2.05) is 10.8 Å². The van der Waals surface area contributed by atoms with Crippen LogP contribution >= 0.6 is 0 Å². The molecule has 1 aromatic heterocycles. The lowest BCUT2D eigenvalue weighted by Gasteiger charge is -2.23. The van der Waals surface area contributed by atoms with Crippen molar-refractivity contribution in [1.82, 2.24) is 14.5 Å². The van der Waals surface area contributed by atoms with Gasteiger partial charge >= 0.3 is 5.97 Å². The molecule has 0 fully saturated rings. The Morgan fingerprint density at radius 1 is 1.19 bits per heavy atom. The molecule has 0 spiro atoms. The molecule has 0 bridgehead atoms. The van der Waals surface area contributed by atoms with Crippen LogP contribution in [0.5, 0.6) is 11.5 Å². The van der Waals surface area contributed by atoms with Crippen LogP contribution < -0.4 is 9.47 Å². The van der Waals surface area contributed by atoms with Crippen molar-refractivity contribution in [3.8, 4) is 11.5 Å². The van der Waals surface area contributed by atoms with Crippen LogP contribution in [0.3, 0.4) is 0 Å². The minimum Gasteiger partial charge on any atom is -0.493 e. The molecule has 9 heteroatoms. The molecule has 3 rings (SSSR count). The molecule has 1 N–H and O–H groups in total. The van der Waals surface area contributed by atoms with Gasteiger partial charge in [-0.25, -0.2) is 14.2 Å². The lowest BCUT2D eigenvalue weighted by molar-refractivity contribution is -0.134. The molecular formula is C23H24FN3O5. The molecular weight excluding hydrogens is 417 g/mol. The molecule has 0 aliphatic rings. The predicted molar refractivity (Wildman–Crippen MR) is 114 cm³/mol. The first-order chi connectivity index (χ1) is 15.5. The number of aromatic carboxylic acids is 1. The molecule has 2 aromatic carbocycles. The van der Waals surface area contributed by atoms with Crippen LogP contribution in [0.2, 0.25) is 0 Å². The highest BCUT2D eigenvalue weighted by molar-refractivity contribution is 5.92. The van der Waals surface area contributed by atoms with Gasteiger partial charge in [0.05, 0.1) is 13.4 Å². The topological polar surface area (TPSA) is 93.9 Å². The third kappa shape index (κ3) is 6.07. The van der Waals surface area contributed by atoms with Gasteiger partial charge in [-0.2, -0.15) is 0 Å². The zero-order chi connectivity index (χ0) is 22.9. The number of rotatable bonds is 11. The van der Waals surface area contributed by atoms with Gasteiger partial charge in [-0.3, -0.25) is 4.79 Å². The van der Waals surface area contributed by atoms with E-state index in [0.29, 0.717) is 19.5 Å². The number of hydrogen-bond donors (Lipinski definition) is 1. The Hall–Kier alpha value is -3.88. The summed E-state index contributed by atoms with van der Waals surface area (Å²) in [5.41, 5.74) is 0.674. The second-order valence-electron chi connectivity index (χ2n) is 7.03. The molecule has 3 aromatic rings. The average molecular weight is 441 g/mol. The third-order valence-electron chi connectivity index (χ3n) is 4.81. The maximum Gasteiger partial charge on any atom is 0.339 e. The van der Waals surface area contributed by atoms with Crippen LogP contribution in [0.4, 0.5) is 4.39 Å². The first-order valence-corrected chi connectivity index (χ1v) is 9.99. The standard InChI is InChI=1S/C23H24FN3O5/c1-31-20-5-2-4-19(23(29)30)22(20)32-15-21(28)27(12-3-11-26-13-10-25-16-26)14-17-6-8-18(24)9-7-17/h2,4-10,13,16H,3,11-12,14-15H2,1H3,(H,29,30). The Balaban J connectivity index is 1.71. The number of methoxy groups -OCH3 is 1. The maximum atomic E-state index is 13.3. The van der Waals surface area contributed by atoms with Crippen molar-refractivity contribution in [2.24, 2.45) is 0 Å². The van der Waals surface area contributed by atoms with Gasteiger partial charge in [0.25, 0.3) is 5.91 Å². The van der Waals surface area contributed by atoms with Crippen molar-refractivity contribution >= 4 is 11.9 Å². The highest BCUT2D eigenvalue weighted by Crippen LogP contribution is 2.31. The van der Waals surface area contributed by atoms with Crippen LogP contribution in [0, 0.1) is 5.82 Å². The van der Waals surface area contributed by atoms with E-state index in [0.717, 1.165) is 5.56 Å². The summed E-state index contributed by atoms with van der Waals surface area (Å²) < 4.78 is 25.9. The van der Waals surface area contributed by atoms with Gasteiger partial charge in [0.2, 0.25) is 0 Å². The molecule has 0 atom stereocenters. The van der Waals surface area contributed by atoms with Crippen molar-refractivity contribution in [2.75, 3.05) is 20.3 Å². The highest BCUT2D eigenvalue weighted by Gasteiger charge is 2.20. The fourth-order valence-electron chi connectivity index (χ4n) is 3.18. The molecule has 168 valence electrons. The van der Waals surface area contributed by atoms with E-state index in [2.05, 4.69) is 4.98 Å². The number of carboxylic acids is 1. The molecule has 1 heterocycles. The van der Waals surface area contributed by atoms with Gasteiger partial charge in [0.1, 0.15) is 11.4 Å². The zero-order valence-corrected chi connectivity index (χ0v) is 17.6. The SMILES string of the molecule is COc1cccc(C(=O)O)c1OCC(=O)N(CCCn1ccnc1)Cc1ccc(F)cc1. The number of aryl methyl sites for hydroxylation is 1. The normalized spacial score (nSPS) is 10.6. The van der Waals surface area contributed by atoms with E-state index < -0.39 is 5.97 Å². The van der Waals surface area contributed by atoms with Crippen molar-refractivity contribution in [1.29, 1.82) is 0 Å². The van der Waals surface area contributed by atoms with Gasteiger partial charge in [-0.15, -0.1) is 0 Å². The summed E-state index contributed by atoms with van der Waals surface area (Å²) >= 11 is 0. The number of aromatic nitrogens is 2. The lowest BCUT2D eigenvalue weighted by atomic mass is 10.2. The first kappa shape index (κ1) is 22.8. The minimum absolute atomic E-state index is 0.00371. The van der Waals surface area contributed by atoms with Crippen LogP contribution in [0.25, 0.3) is 0 Å². The Morgan fingerprint density at radius 3 is 2.62 bits per heavy atom. The number of imidazole rings is 1. The first-order valence-electron chi connectivity index (χ1n) is 9.99. The van der Waals surface area contributed by atoms with Gasteiger partial charge in [-0.05, 0) is 36.2 Å². The van der Waals surface area contributed by atoms with Crippen LogP contribution in [-0.2, 0) is 17.9 Å². The quantitative estimate of drug-likeness (QED) is 0.491. The third-order valence-corrected chi connectivity index (χ3v) is 4.81. The van der Waals surface area contributed by atoms with E-state index in [9.17, 15) is 19.1 Å². The van der Waals surface area contributed by atoms with Crippen molar-refractivity contribution < 1.29 is 28.6 Å². The fourth-order valence-corrected chi connectivity index (χ4v) is 3.18. The number of carboxylic acid groups (broad SMARTS) is 1. The van der Waals surface area contributed by atoms with Gasteiger partial charge in [-0.1, -0.05) is 18.2 Å². The highest BCUT2D eigenvalue weighted by atomic mass is 19.1. The monoisotopic (exact) mass is 441 g/mol. The molecule has 0 unspecified atom stereocenters. The summed E-state index contributed by atoms with van der Waals surface area (Å²) in [7, 11) is 1.40. The number of carbonyl (C=O) groups excluding carboxylic acids is 1. The second-order valence-corrected chi connectivity index (χ2v) is 7.03. The van der Waals surface area contributed by atoms with E-state index in [4.69, 9.17) is 9.47 Å². The van der Waals surface area contributed by atoms with Gasteiger partial charge in [0.15, 0.2) is 18.1 Å². The maximum absolute atomic E-state index is 13.3. The van der Waals surface area contributed by atoms with Crippen LogP contribution in [0.1, 0.15) is 22.3 Å². The zero-order valence-electron chi connectivity index (χ0n) is 17.6. The van der Waals surface area contributed by atoms with Gasteiger partial charge < -0.3 is 24.0 Å². The van der Waals surface area contributed by atoms with Crippen LogP contribution in [-0.4, -0.2) is 51.7 Å². The number of para-hydroxylation sites is 1. The van der Waals surface area contributed by atoms with E-state index >= 15 is 0 Å². The summed E-state index contributed by atoms with van der Waals surface area (Å²) in [4.78, 5) is 30.1. The molecule has 8 nitrogen and oxygen atoms in total. The van der Waals surface area contributed by atoms with Crippen molar-refractivity contribution in [3.63, 3.8) is 0 Å². The summed E-state index contributed by atoms with van der Waals surface area (Å²) in [6, 6.07) is 10.4. The summed E-state index contributed by atoms with van der Waals surface area (Å²) in [5.74, 6) is -1.65. The number of halogens is 1. The number of amides is 1. The van der Waals surface area contributed by atoms with E-state index in [1.54, 1.807) is 35.6 Å². The molecule has 32 heavy (non-hydrogen) atoms. The van der Waals surface area contributed by atoms with Crippen molar-refractivity contribution in [3.05, 3.63) is 78.1 Å². The Kier molecular flexibility index (Phi) is 7.80.